The van der Waals surface area contributed by atoms with Crippen molar-refractivity contribution in [2.24, 2.45) is 0 Å². The fourth-order valence-electron chi connectivity index (χ4n) is 1.56. The number of nitriles is 1. The lowest BCUT2D eigenvalue weighted by Crippen LogP contribution is -2.05. The van der Waals surface area contributed by atoms with Crippen LogP contribution in [0.5, 0.6) is 0 Å². The molecule has 2 aromatic rings. The van der Waals surface area contributed by atoms with Crippen LogP contribution < -0.4 is 0 Å². The number of imidazole rings is 1. The van der Waals surface area contributed by atoms with Gasteiger partial charge in [0.05, 0.1) is 18.2 Å². The molecule has 2 rings (SSSR count). The van der Waals surface area contributed by atoms with Crippen molar-refractivity contribution in [2.45, 2.75) is 13.2 Å². The second-order valence-electron chi connectivity index (χ2n) is 3.55. The minimum atomic E-state index is -0.429. The van der Waals surface area contributed by atoms with E-state index in [-0.39, 0.29) is 13.2 Å². The zero-order chi connectivity index (χ0) is 12.3. The molecule has 0 saturated heterocycles. The monoisotopic (exact) mass is 231 g/mol. The van der Waals surface area contributed by atoms with Crippen molar-refractivity contribution in [3.8, 4) is 6.07 Å². The third-order valence-corrected chi connectivity index (χ3v) is 2.47. The van der Waals surface area contributed by atoms with Gasteiger partial charge in [-0.3, -0.25) is 0 Å². The van der Waals surface area contributed by atoms with Gasteiger partial charge in [-0.2, -0.15) is 5.26 Å². The van der Waals surface area contributed by atoms with Crippen molar-refractivity contribution in [3.05, 3.63) is 53.4 Å². The average Bonchev–Trinajstić information content (AvgIpc) is 2.79. The lowest BCUT2D eigenvalue weighted by Gasteiger charge is -2.07. The van der Waals surface area contributed by atoms with Gasteiger partial charge in [-0.15, -0.1) is 0 Å². The summed E-state index contributed by atoms with van der Waals surface area (Å²) in [5.41, 5.74) is 0.746. The number of halogens is 1. The number of hydrogen-bond acceptors (Lipinski definition) is 3. The zero-order valence-corrected chi connectivity index (χ0v) is 8.97. The van der Waals surface area contributed by atoms with Crippen molar-refractivity contribution in [1.82, 2.24) is 9.55 Å². The van der Waals surface area contributed by atoms with Crippen molar-refractivity contribution < 1.29 is 9.50 Å². The van der Waals surface area contributed by atoms with E-state index in [4.69, 9.17) is 10.4 Å². The topological polar surface area (TPSA) is 61.8 Å². The van der Waals surface area contributed by atoms with Crippen LogP contribution in [-0.4, -0.2) is 14.7 Å². The Balaban J connectivity index is 2.28. The molecule has 0 aliphatic rings. The first-order valence-corrected chi connectivity index (χ1v) is 5.04. The van der Waals surface area contributed by atoms with Gasteiger partial charge in [0.1, 0.15) is 18.2 Å². The van der Waals surface area contributed by atoms with Gasteiger partial charge in [0.25, 0.3) is 0 Å². The number of aliphatic hydroxyl groups excluding tert-OH is 1. The van der Waals surface area contributed by atoms with Gasteiger partial charge < -0.3 is 9.67 Å². The van der Waals surface area contributed by atoms with Crippen molar-refractivity contribution in [3.63, 3.8) is 0 Å². The van der Waals surface area contributed by atoms with Crippen LogP contribution in [0, 0.1) is 17.1 Å². The van der Waals surface area contributed by atoms with Crippen molar-refractivity contribution in [2.75, 3.05) is 0 Å². The SMILES string of the molecule is N#Cc1ccc(Cn2ccnc2CO)c(F)c1. The average molecular weight is 231 g/mol. The summed E-state index contributed by atoms with van der Waals surface area (Å²) in [5.74, 6) is 0.0513. The van der Waals surface area contributed by atoms with Gasteiger partial charge in [-0.05, 0) is 12.1 Å². The van der Waals surface area contributed by atoms with Crippen LogP contribution in [0.15, 0.2) is 30.6 Å². The van der Waals surface area contributed by atoms with Gasteiger partial charge in [0, 0.05) is 18.0 Å². The standard InChI is InChI=1S/C12H10FN3O/c13-11-5-9(6-14)1-2-10(11)7-16-4-3-15-12(16)8-17/h1-5,17H,7-8H2. The van der Waals surface area contributed by atoms with Gasteiger partial charge in [0.2, 0.25) is 0 Å². The number of aliphatic hydroxyl groups is 1. The highest BCUT2D eigenvalue weighted by atomic mass is 19.1. The van der Waals surface area contributed by atoms with E-state index in [1.165, 1.54) is 6.07 Å². The summed E-state index contributed by atoms with van der Waals surface area (Å²) in [7, 11) is 0. The molecule has 0 unspecified atom stereocenters. The first kappa shape index (κ1) is 11.3. The zero-order valence-electron chi connectivity index (χ0n) is 8.97. The highest BCUT2D eigenvalue weighted by Gasteiger charge is 2.07. The predicted molar refractivity (Wildman–Crippen MR) is 58.4 cm³/mol. The Morgan fingerprint density at radius 2 is 2.29 bits per heavy atom. The van der Waals surface area contributed by atoms with E-state index < -0.39 is 5.82 Å². The molecule has 86 valence electrons. The van der Waals surface area contributed by atoms with Crippen LogP contribution in [0.25, 0.3) is 0 Å². The molecule has 5 heteroatoms. The molecule has 0 radical (unpaired) electrons. The smallest absolute Gasteiger partial charge is 0.134 e. The molecule has 1 aromatic heterocycles. The molecule has 0 atom stereocenters. The maximum absolute atomic E-state index is 13.6. The highest BCUT2D eigenvalue weighted by molar-refractivity contribution is 5.33. The molecule has 4 nitrogen and oxygen atoms in total. The molecule has 0 amide bonds. The van der Waals surface area contributed by atoms with E-state index in [1.54, 1.807) is 29.1 Å². The molecule has 0 spiro atoms. The van der Waals surface area contributed by atoms with Gasteiger partial charge in [-0.25, -0.2) is 9.37 Å². The van der Waals surface area contributed by atoms with E-state index in [9.17, 15) is 4.39 Å². The Morgan fingerprint density at radius 1 is 1.47 bits per heavy atom. The fraction of sp³-hybridized carbons (Fsp3) is 0.167. The third kappa shape index (κ3) is 2.32. The maximum Gasteiger partial charge on any atom is 0.134 e. The molecule has 1 N–H and O–H groups in total. The molecular weight excluding hydrogens is 221 g/mol. The number of benzene rings is 1. The fourth-order valence-corrected chi connectivity index (χ4v) is 1.56. The number of hydrogen-bond donors (Lipinski definition) is 1. The minimum Gasteiger partial charge on any atom is -0.388 e. The van der Waals surface area contributed by atoms with Crippen LogP contribution >= 0.6 is 0 Å². The maximum atomic E-state index is 13.6. The number of rotatable bonds is 3. The molecule has 0 saturated carbocycles. The van der Waals surface area contributed by atoms with Gasteiger partial charge in [0.15, 0.2) is 0 Å². The summed E-state index contributed by atoms with van der Waals surface area (Å²) in [6, 6.07) is 6.20. The van der Waals surface area contributed by atoms with E-state index in [0.717, 1.165) is 0 Å². The van der Waals surface area contributed by atoms with E-state index in [2.05, 4.69) is 4.98 Å². The second-order valence-corrected chi connectivity index (χ2v) is 3.55. The first-order valence-electron chi connectivity index (χ1n) is 5.04. The Hall–Kier alpha value is -2.19. The summed E-state index contributed by atoms with van der Waals surface area (Å²) in [6.07, 6.45) is 3.22. The summed E-state index contributed by atoms with van der Waals surface area (Å²) in [6.45, 7) is 0.0956. The normalized spacial score (nSPS) is 10.2. The van der Waals surface area contributed by atoms with Crippen LogP contribution in [0.2, 0.25) is 0 Å². The van der Waals surface area contributed by atoms with Crippen molar-refractivity contribution in [1.29, 1.82) is 5.26 Å². The van der Waals surface area contributed by atoms with E-state index in [0.29, 0.717) is 17.0 Å². The lowest BCUT2D eigenvalue weighted by atomic mass is 10.1. The Bertz CT molecular complexity index is 571. The van der Waals surface area contributed by atoms with Crippen LogP contribution in [0.1, 0.15) is 17.0 Å². The van der Waals surface area contributed by atoms with Crippen LogP contribution in [-0.2, 0) is 13.2 Å². The Morgan fingerprint density at radius 3 is 2.94 bits per heavy atom. The summed E-state index contributed by atoms with van der Waals surface area (Å²) in [4.78, 5) is 3.93. The summed E-state index contributed by atoms with van der Waals surface area (Å²) in [5, 5.41) is 17.6. The number of nitrogens with zero attached hydrogens (tertiary/aromatic N) is 3. The van der Waals surface area contributed by atoms with E-state index >= 15 is 0 Å². The van der Waals surface area contributed by atoms with Crippen LogP contribution in [0.3, 0.4) is 0 Å². The van der Waals surface area contributed by atoms with Crippen LogP contribution in [0.4, 0.5) is 4.39 Å². The molecule has 0 bridgehead atoms. The molecule has 0 aliphatic carbocycles. The predicted octanol–water partition coefficient (Wildman–Crippen LogP) is 1.43. The van der Waals surface area contributed by atoms with Crippen molar-refractivity contribution >= 4 is 0 Å². The van der Waals surface area contributed by atoms with E-state index in [1.807, 2.05) is 6.07 Å². The summed E-state index contributed by atoms with van der Waals surface area (Å²) < 4.78 is 15.3. The molecule has 0 fully saturated rings. The Kier molecular flexibility index (Phi) is 3.17. The van der Waals surface area contributed by atoms with Gasteiger partial charge >= 0.3 is 0 Å². The molecular formula is C12H10FN3O. The highest BCUT2D eigenvalue weighted by Crippen LogP contribution is 2.12. The molecule has 1 aromatic carbocycles. The molecule has 1 heterocycles. The largest absolute Gasteiger partial charge is 0.388 e. The number of aromatic nitrogens is 2. The molecule has 17 heavy (non-hydrogen) atoms. The second kappa shape index (κ2) is 4.76. The Labute approximate surface area is 97.6 Å². The first-order chi connectivity index (χ1) is 8.24. The van der Waals surface area contributed by atoms with Gasteiger partial charge in [-0.1, -0.05) is 6.07 Å². The minimum absolute atomic E-state index is 0.190. The quantitative estimate of drug-likeness (QED) is 0.869. The lowest BCUT2D eigenvalue weighted by molar-refractivity contribution is 0.266. The third-order valence-electron chi connectivity index (χ3n) is 2.47. The molecule has 0 aliphatic heterocycles. The summed E-state index contributed by atoms with van der Waals surface area (Å²) >= 11 is 0.